The molecule has 0 saturated carbocycles. The molecule has 1 aliphatic rings. The van der Waals surface area contributed by atoms with Crippen LogP contribution in [0.15, 0.2) is 46.2 Å². The molecule has 1 heterocycles. The quantitative estimate of drug-likeness (QED) is 0.817. The van der Waals surface area contributed by atoms with Gasteiger partial charge in [0.15, 0.2) is 0 Å². The lowest BCUT2D eigenvalue weighted by molar-refractivity contribution is -0.118. The van der Waals surface area contributed by atoms with Gasteiger partial charge in [-0.2, -0.15) is 0 Å². The zero-order chi connectivity index (χ0) is 18.2. The highest BCUT2D eigenvalue weighted by atomic mass is 35.5. The summed E-state index contributed by atoms with van der Waals surface area (Å²) in [5.74, 6) is -0.337. The summed E-state index contributed by atoms with van der Waals surface area (Å²) in [5, 5.41) is 2.56. The summed E-state index contributed by atoms with van der Waals surface area (Å²) in [6, 6.07) is 8.08. The maximum absolute atomic E-state index is 13.2. The van der Waals surface area contributed by atoms with Gasteiger partial charge in [-0.3, -0.25) is 9.52 Å². The van der Waals surface area contributed by atoms with Gasteiger partial charge in [0.05, 0.1) is 21.3 Å². The van der Waals surface area contributed by atoms with Gasteiger partial charge in [-0.1, -0.05) is 18.5 Å². The third-order valence-electron chi connectivity index (χ3n) is 3.63. The van der Waals surface area contributed by atoms with E-state index in [1.165, 1.54) is 36.0 Å². The first-order valence-corrected chi connectivity index (χ1v) is 10.2. The molecule has 0 unspecified atom stereocenters. The highest BCUT2D eigenvalue weighted by Gasteiger charge is 2.23. The van der Waals surface area contributed by atoms with Crippen LogP contribution in [0.4, 0.5) is 15.8 Å². The number of thioether (sulfide) groups is 1. The molecule has 25 heavy (non-hydrogen) atoms. The van der Waals surface area contributed by atoms with Crippen molar-refractivity contribution >= 4 is 50.7 Å². The first-order chi connectivity index (χ1) is 11.8. The number of benzene rings is 2. The van der Waals surface area contributed by atoms with Crippen LogP contribution in [0.1, 0.15) is 6.92 Å². The Bertz CT molecular complexity index is 950. The number of hydrogen-bond acceptors (Lipinski definition) is 4. The van der Waals surface area contributed by atoms with Crippen LogP contribution in [0, 0.1) is 11.7 Å². The fraction of sp³-hybridized carbons (Fsp3) is 0.188. The normalized spacial score (nSPS) is 17.4. The number of fused-ring (bicyclic) bond motifs is 1. The fourth-order valence-corrected chi connectivity index (χ4v) is 4.49. The van der Waals surface area contributed by atoms with Gasteiger partial charge in [0.25, 0.3) is 10.0 Å². The maximum atomic E-state index is 13.2. The van der Waals surface area contributed by atoms with Crippen molar-refractivity contribution in [1.82, 2.24) is 0 Å². The van der Waals surface area contributed by atoms with E-state index < -0.39 is 15.8 Å². The Morgan fingerprint density at radius 1 is 1.28 bits per heavy atom. The Kier molecular flexibility index (Phi) is 4.95. The van der Waals surface area contributed by atoms with E-state index in [0.29, 0.717) is 11.4 Å². The number of halogens is 2. The first kappa shape index (κ1) is 18.0. The molecule has 1 atom stereocenters. The number of amides is 1. The molecule has 0 spiro atoms. The molecule has 0 radical (unpaired) electrons. The van der Waals surface area contributed by atoms with Gasteiger partial charge in [-0.25, -0.2) is 12.8 Å². The Morgan fingerprint density at radius 2 is 2.04 bits per heavy atom. The monoisotopic (exact) mass is 400 g/mol. The van der Waals surface area contributed by atoms with E-state index in [9.17, 15) is 17.6 Å². The molecule has 2 N–H and O–H groups in total. The average Bonchev–Trinajstić information content (AvgIpc) is 2.69. The number of nitrogens with one attached hydrogen (secondary N) is 2. The van der Waals surface area contributed by atoms with Gasteiger partial charge in [0, 0.05) is 16.6 Å². The van der Waals surface area contributed by atoms with E-state index in [2.05, 4.69) is 10.0 Å². The van der Waals surface area contributed by atoms with Crippen LogP contribution in [-0.4, -0.2) is 20.1 Å². The lowest BCUT2D eigenvalue weighted by Crippen LogP contribution is -2.20. The molecular weight excluding hydrogens is 387 g/mol. The van der Waals surface area contributed by atoms with Crippen molar-refractivity contribution in [1.29, 1.82) is 0 Å². The third kappa shape index (κ3) is 3.91. The van der Waals surface area contributed by atoms with Crippen LogP contribution in [0.3, 0.4) is 0 Å². The predicted octanol–water partition coefficient (Wildman–Crippen LogP) is 3.96. The number of carbonyl (C=O) groups is 1. The lowest BCUT2D eigenvalue weighted by Gasteiger charge is -2.12. The highest BCUT2D eigenvalue weighted by Crippen LogP contribution is 2.34. The Morgan fingerprint density at radius 3 is 2.76 bits per heavy atom. The molecule has 2 aromatic carbocycles. The van der Waals surface area contributed by atoms with Crippen molar-refractivity contribution < 1.29 is 17.6 Å². The summed E-state index contributed by atoms with van der Waals surface area (Å²) >= 11 is 7.16. The molecule has 2 aromatic rings. The Balaban J connectivity index is 1.91. The van der Waals surface area contributed by atoms with E-state index in [0.717, 1.165) is 11.0 Å². The van der Waals surface area contributed by atoms with Crippen molar-refractivity contribution in [2.45, 2.75) is 16.7 Å². The molecule has 3 rings (SSSR count). The minimum absolute atomic E-state index is 0.0119. The van der Waals surface area contributed by atoms with Crippen LogP contribution in [0.25, 0.3) is 0 Å². The second kappa shape index (κ2) is 6.86. The SMILES string of the molecule is C[C@@H]1CSc2ccc(S(=O)(=O)Nc3ccc(F)c(Cl)c3)cc2NC1=O. The summed E-state index contributed by atoms with van der Waals surface area (Å²) in [5.41, 5.74) is 0.604. The second-order valence-electron chi connectivity index (χ2n) is 5.59. The third-order valence-corrected chi connectivity index (χ3v) is 6.63. The number of rotatable bonds is 3. The van der Waals surface area contributed by atoms with Crippen molar-refractivity contribution in [3.8, 4) is 0 Å². The second-order valence-corrected chi connectivity index (χ2v) is 8.75. The van der Waals surface area contributed by atoms with Crippen LogP contribution < -0.4 is 10.0 Å². The van der Waals surface area contributed by atoms with Crippen LogP contribution >= 0.6 is 23.4 Å². The lowest BCUT2D eigenvalue weighted by atomic mass is 10.2. The van der Waals surface area contributed by atoms with E-state index >= 15 is 0 Å². The Labute approximate surface area is 154 Å². The maximum Gasteiger partial charge on any atom is 0.261 e. The molecule has 0 bridgehead atoms. The number of carbonyl (C=O) groups excluding carboxylic acids is 1. The molecule has 132 valence electrons. The first-order valence-electron chi connectivity index (χ1n) is 7.32. The smallest absolute Gasteiger partial charge is 0.261 e. The minimum Gasteiger partial charge on any atom is -0.325 e. The van der Waals surface area contributed by atoms with Crippen LogP contribution in [0.5, 0.6) is 0 Å². The van der Waals surface area contributed by atoms with Crippen LogP contribution in [0.2, 0.25) is 5.02 Å². The average molecular weight is 401 g/mol. The van der Waals surface area contributed by atoms with Gasteiger partial charge in [-0.15, -0.1) is 11.8 Å². The van der Waals surface area contributed by atoms with Crippen LogP contribution in [-0.2, 0) is 14.8 Å². The molecule has 5 nitrogen and oxygen atoms in total. The van der Waals surface area contributed by atoms with E-state index in [-0.39, 0.29) is 27.4 Å². The van der Waals surface area contributed by atoms with Gasteiger partial charge < -0.3 is 5.32 Å². The summed E-state index contributed by atoms with van der Waals surface area (Å²) in [4.78, 5) is 12.8. The summed E-state index contributed by atoms with van der Waals surface area (Å²) in [6.45, 7) is 1.81. The zero-order valence-electron chi connectivity index (χ0n) is 13.0. The van der Waals surface area contributed by atoms with Crippen molar-refractivity contribution in [2.75, 3.05) is 15.8 Å². The van der Waals surface area contributed by atoms with Gasteiger partial charge in [-0.05, 0) is 36.4 Å². The molecule has 1 aliphatic heterocycles. The molecular formula is C16H14ClFN2O3S2. The topological polar surface area (TPSA) is 75.3 Å². The zero-order valence-corrected chi connectivity index (χ0v) is 15.4. The standard InChI is InChI=1S/C16H14ClFN2O3S2/c1-9-8-24-15-5-3-11(7-14(15)19-16(9)21)25(22,23)20-10-2-4-13(18)12(17)6-10/h2-7,9,20H,8H2,1H3,(H,19,21)/t9-/m1/s1. The largest absolute Gasteiger partial charge is 0.325 e. The summed E-state index contributed by atoms with van der Waals surface area (Å²) < 4.78 is 40.6. The van der Waals surface area contributed by atoms with E-state index in [1.807, 2.05) is 6.92 Å². The summed E-state index contributed by atoms with van der Waals surface area (Å²) in [7, 11) is -3.91. The van der Waals surface area contributed by atoms with Gasteiger partial charge in [0.1, 0.15) is 5.82 Å². The molecule has 0 fully saturated rings. The van der Waals surface area contributed by atoms with E-state index in [4.69, 9.17) is 11.6 Å². The van der Waals surface area contributed by atoms with Gasteiger partial charge in [0.2, 0.25) is 5.91 Å². The van der Waals surface area contributed by atoms with E-state index in [1.54, 1.807) is 6.07 Å². The van der Waals surface area contributed by atoms with Crippen molar-refractivity contribution in [2.24, 2.45) is 5.92 Å². The minimum atomic E-state index is -3.91. The van der Waals surface area contributed by atoms with Crippen molar-refractivity contribution in [3.63, 3.8) is 0 Å². The Hall–Kier alpha value is -1.77. The molecule has 0 aliphatic carbocycles. The van der Waals surface area contributed by atoms with Crippen molar-refractivity contribution in [3.05, 3.63) is 47.2 Å². The molecule has 1 amide bonds. The number of anilines is 2. The number of sulfonamides is 1. The fourth-order valence-electron chi connectivity index (χ4n) is 2.22. The number of hydrogen-bond donors (Lipinski definition) is 2. The highest BCUT2D eigenvalue weighted by molar-refractivity contribution is 7.99. The predicted molar refractivity (Wildman–Crippen MR) is 97.2 cm³/mol. The summed E-state index contributed by atoms with van der Waals surface area (Å²) in [6.07, 6.45) is 0. The molecule has 9 heteroatoms. The van der Waals surface area contributed by atoms with Gasteiger partial charge >= 0.3 is 0 Å². The molecule has 0 aromatic heterocycles. The molecule has 0 saturated heterocycles.